The first-order chi connectivity index (χ1) is 17.5. The van der Waals surface area contributed by atoms with Gasteiger partial charge in [-0.3, -0.25) is 0 Å². The molecule has 190 valence electrons. The van der Waals surface area contributed by atoms with Gasteiger partial charge >= 0.3 is 5.97 Å². The van der Waals surface area contributed by atoms with Gasteiger partial charge in [0, 0.05) is 18.4 Å². The lowest BCUT2D eigenvalue weighted by Gasteiger charge is -2.41. The van der Waals surface area contributed by atoms with Crippen LogP contribution in [0, 0.1) is 11.8 Å². The number of carbonyl (C=O) groups excluding carboxylic acids is 1. The fourth-order valence-electron chi connectivity index (χ4n) is 5.62. The molecule has 1 saturated heterocycles. The highest BCUT2D eigenvalue weighted by Crippen LogP contribution is 2.48. The van der Waals surface area contributed by atoms with Crippen LogP contribution in [0.5, 0.6) is 11.5 Å². The molecule has 2 aromatic rings. The molecule has 3 fully saturated rings. The molecule has 6 nitrogen and oxygen atoms in total. The van der Waals surface area contributed by atoms with Gasteiger partial charge in [0.05, 0.1) is 44.5 Å². The van der Waals surface area contributed by atoms with E-state index in [9.17, 15) is 4.79 Å². The van der Waals surface area contributed by atoms with E-state index in [1.165, 1.54) is 20.0 Å². The molecule has 6 heteroatoms. The van der Waals surface area contributed by atoms with Gasteiger partial charge in [0.1, 0.15) is 0 Å². The molecule has 0 aromatic heterocycles. The smallest absolute Gasteiger partial charge is 0.337 e. The van der Waals surface area contributed by atoms with Crippen LogP contribution in [-0.2, 0) is 19.6 Å². The van der Waals surface area contributed by atoms with Crippen molar-refractivity contribution >= 4 is 5.97 Å². The summed E-state index contributed by atoms with van der Waals surface area (Å²) in [5.41, 5.74) is 1.98. The van der Waals surface area contributed by atoms with Crippen molar-refractivity contribution in [2.24, 2.45) is 0 Å². The van der Waals surface area contributed by atoms with Crippen LogP contribution in [0.25, 0.3) is 0 Å². The molecular weight excluding hydrogens is 456 g/mol. The fourth-order valence-corrected chi connectivity index (χ4v) is 5.62. The predicted octanol–water partition coefficient (Wildman–Crippen LogP) is 5.41. The van der Waals surface area contributed by atoms with Gasteiger partial charge in [-0.15, -0.1) is 0 Å². The second-order valence-electron chi connectivity index (χ2n) is 9.90. The molecule has 36 heavy (non-hydrogen) atoms. The van der Waals surface area contributed by atoms with E-state index in [1.54, 1.807) is 19.2 Å². The number of methoxy groups -OCH3 is 2. The van der Waals surface area contributed by atoms with Crippen LogP contribution in [0.1, 0.15) is 72.9 Å². The Kier molecular flexibility index (Phi) is 7.22. The molecule has 3 aliphatic rings. The molecular formula is C30H34O6. The van der Waals surface area contributed by atoms with Crippen LogP contribution in [0.2, 0.25) is 0 Å². The maximum absolute atomic E-state index is 12.0. The summed E-state index contributed by atoms with van der Waals surface area (Å²) in [5.74, 6) is 7.63. The third-order valence-corrected chi connectivity index (χ3v) is 7.72. The number of hydrogen-bond donors (Lipinski definition) is 0. The zero-order valence-electron chi connectivity index (χ0n) is 21.1. The SMILES string of the molecule is COC(=O)c1cccc(C#CC2(c3ccc(OC)c(OC4CCCC4)c3)CCC3(CC2)OCCO3)c1. The van der Waals surface area contributed by atoms with Gasteiger partial charge in [-0.05, 0) is 74.4 Å². The summed E-state index contributed by atoms with van der Waals surface area (Å²) >= 11 is 0. The Bertz CT molecular complexity index is 1140. The average Bonchev–Trinajstić information content (AvgIpc) is 3.61. The number of benzene rings is 2. The van der Waals surface area contributed by atoms with Crippen LogP contribution >= 0.6 is 0 Å². The molecule has 0 atom stereocenters. The Morgan fingerprint density at radius 1 is 0.944 bits per heavy atom. The van der Waals surface area contributed by atoms with Crippen LogP contribution in [0.15, 0.2) is 42.5 Å². The van der Waals surface area contributed by atoms with Gasteiger partial charge < -0.3 is 23.7 Å². The zero-order valence-corrected chi connectivity index (χ0v) is 21.1. The molecule has 2 aliphatic carbocycles. The largest absolute Gasteiger partial charge is 0.493 e. The lowest BCUT2D eigenvalue weighted by atomic mass is 9.68. The molecule has 0 unspecified atom stereocenters. The van der Waals surface area contributed by atoms with E-state index in [1.807, 2.05) is 18.2 Å². The van der Waals surface area contributed by atoms with Crippen molar-refractivity contribution in [3.8, 4) is 23.3 Å². The van der Waals surface area contributed by atoms with Crippen molar-refractivity contribution in [3.63, 3.8) is 0 Å². The summed E-state index contributed by atoms with van der Waals surface area (Å²) < 4.78 is 28.9. The third-order valence-electron chi connectivity index (χ3n) is 7.72. The number of carbonyl (C=O) groups is 1. The highest BCUT2D eigenvalue weighted by Gasteiger charge is 2.46. The summed E-state index contributed by atoms with van der Waals surface area (Å²) in [7, 11) is 3.06. The molecule has 0 bridgehead atoms. The first-order valence-electron chi connectivity index (χ1n) is 12.9. The first kappa shape index (κ1) is 24.7. The van der Waals surface area contributed by atoms with E-state index >= 15 is 0 Å². The van der Waals surface area contributed by atoms with E-state index in [0.29, 0.717) is 18.8 Å². The summed E-state index contributed by atoms with van der Waals surface area (Å²) in [6, 6.07) is 13.5. The van der Waals surface area contributed by atoms with E-state index in [2.05, 4.69) is 24.0 Å². The normalized spacial score (nSPS) is 20.5. The highest BCUT2D eigenvalue weighted by atomic mass is 16.7. The van der Waals surface area contributed by atoms with Crippen molar-refractivity contribution in [1.82, 2.24) is 0 Å². The minimum atomic E-state index is -0.494. The zero-order chi connectivity index (χ0) is 25.0. The quantitative estimate of drug-likeness (QED) is 0.413. The molecule has 1 heterocycles. The predicted molar refractivity (Wildman–Crippen MR) is 135 cm³/mol. The van der Waals surface area contributed by atoms with Crippen molar-refractivity contribution < 1.29 is 28.5 Å². The number of ether oxygens (including phenoxy) is 5. The fraction of sp³-hybridized carbons (Fsp3) is 0.500. The molecule has 1 aliphatic heterocycles. The Labute approximate surface area is 213 Å². The molecule has 0 N–H and O–H groups in total. The highest BCUT2D eigenvalue weighted by molar-refractivity contribution is 5.89. The minimum Gasteiger partial charge on any atom is -0.493 e. The topological polar surface area (TPSA) is 63.2 Å². The van der Waals surface area contributed by atoms with Crippen LogP contribution in [0.4, 0.5) is 0 Å². The molecule has 5 rings (SSSR count). The Morgan fingerprint density at radius 3 is 2.39 bits per heavy atom. The third kappa shape index (κ3) is 5.09. The summed E-state index contributed by atoms with van der Waals surface area (Å²) in [5, 5.41) is 0. The van der Waals surface area contributed by atoms with E-state index in [-0.39, 0.29) is 12.1 Å². The monoisotopic (exact) mass is 490 g/mol. The van der Waals surface area contributed by atoms with Crippen molar-refractivity contribution in [2.45, 2.75) is 68.7 Å². The minimum absolute atomic E-state index is 0.229. The maximum Gasteiger partial charge on any atom is 0.337 e. The van der Waals surface area contributed by atoms with E-state index in [4.69, 9.17) is 23.7 Å². The van der Waals surface area contributed by atoms with Gasteiger partial charge in [-0.1, -0.05) is 24.0 Å². The molecule has 1 spiro atoms. The van der Waals surface area contributed by atoms with Crippen LogP contribution in [-0.4, -0.2) is 45.3 Å². The summed E-state index contributed by atoms with van der Waals surface area (Å²) in [4.78, 5) is 12.0. The van der Waals surface area contributed by atoms with Gasteiger partial charge in [0.15, 0.2) is 17.3 Å². The second-order valence-corrected chi connectivity index (χ2v) is 9.90. The summed E-state index contributed by atoms with van der Waals surface area (Å²) in [6.45, 7) is 1.28. The van der Waals surface area contributed by atoms with Gasteiger partial charge in [-0.25, -0.2) is 4.79 Å². The number of hydrogen-bond acceptors (Lipinski definition) is 6. The van der Waals surface area contributed by atoms with Crippen molar-refractivity contribution in [2.75, 3.05) is 27.4 Å². The molecule has 2 saturated carbocycles. The van der Waals surface area contributed by atoms with E-state index < -0.39 is 11.2 Å². The lowest BCUT2D eigenvalue weighted by Crippen LogP contribution is -2.41. The van der Waals surface area contributed by atoms with Crippen molar-refractivity contribution in [1.29, 1.82) is 0 Å². The Morgan fingerprint density at radius 2 is 1.69 bits per heavy atom. The summed E-state index contributed by atoms with van der Waals surface area (Å²) in [6.07, 6.45) is 7.93. The molecule has 0 radical (unpaired) electrons. The standard InChI is InChI=1S/C30H34O6/c1-32-26-11-10-24(21-27(26)36-25-8-3-4-9-25)29(14-16-30(17-15-29)34-18-19-35-30)13-12-22-6-5-7-23(20-22)28(31)33-2/h5-7,10-11,20-21,25H,3-4,8-9,14-19H2,1-2H3. The first-order valence-corrected chi connectivity index (χ1v) is 12.9. The van der Waals surface area contributed by atoms with Gasteiger partial charge in [0.2, 0.25) is 0 Å². The Balaban J connectivity index is 1.50. The van der Waals surface area contributed by atoms with Crippen molar-refractivity contribution in [3.05, 3.63) is 59.2 Å². The average molecular weight is 491 g/mol. The van der Waals surface area contributed by atoms with Crippen LogP contribution in [0.3, 0.4) is 0 Å². The lowest BCUT2D eigenvalue weighted by molar-refractivity contribution is -0.182. The molecule has 2 aromatic carbocycles. The molecule has 0 amide bonds. The van der Waals surface area contributed by atoms with Gasteiger partial charge in [-0.2, -0.15) is 0 Å². The number of esters is 1. The second kappa shape index (κ2) is 10.5. The van der Waals surface area contributed by atoms with E-state index in [0.717, 1.165) is 61.2 Å². The maximum atomic E-state index is 12.0. The Hall–Kier alpha value is -3.01. The van der Waals surface area contributed by atoms with Crippen LogP contribution < -0.4 is 9.47 Å². The number of rotatable bonds is 5. The van der Waals surface area contributed by atoms with Gasteiger partial charge in [0.25, 0.3) is 0 Å².